The summed E-state index contributed by atoms with van der Waals surface area (Å²) >= 11 is 0. The Morgan fingerprint density at radius 3 is 2.83 bits per heavy atom. The van der Waals surface area contributed by atoms with E-state index in [1.165, 1.54) is 19.0 Å². The van der Waals surface area contributed by atoms with E-state index in [4.69, 9.17) is 0 Å². The number of nitrogens with one attached hydrogen (secondary N) is 2. The number of hydrogen-bond donors (Lipinski definition) is 2. The molecule has 6 heteroatoms. The Kier molecular flexibility index (Phi) is 4.83. The molecule has 2 N–H and O–H groups in total. The first-order chi connectivity index (χ1) is 11.2. The number of carbonyl (C=O) groups is 1. The predicted molar refractivity (Wildman–Crippen MR) is 88.3 cm³/mol. The lowest BCUT2D eigenvalue weighted by molar-refractivity contribution is 0.0950. The van der Waals surface area contributed by atoms with Gasteiger partial charge in [-0.05, 0) is 43.6 Å². The van der Waals surface area contributed by atoms with Crippen molar-refractivity contribution in [3.05, 3.63) is 52.7 Å². The highest BCUT2D eigenvalue weighted by Crippen LogP contribution is 2.18. The summed E-state index contributed by atoms with van der Waals surface area (Å²) in [6.07, 6.45) is 5.61. The van der Waals surface area contributed by atoms with E-state index in [1.807, 2.05) is 12.1 Å². The quantitative estimate of drug-likeness (QED) is 0.871. The average molecular weight is 312 g/mol. The molecule has 1 saturated heterocycles. The Hall–Kier alpha value is -2.47. The number of rotatable bonds is 5. The summed E-state index contributed by atoms with van der Waals surface area (Å²) in [7, 11) is 0. The fourth-order valence-electron chi connectivity index (χ4n) is 2.78. The van der Waals surface area contributed by atoms with E-state index in [9.17, 15) is 9.59 Å². The molecule has 3 rings (SSSR count). The normalized spacial score (nSPS) is 14.8. The highest BCUT2D eigenvalue weighted by Gasteiger charge is 2.12. The van der Waals surface area contributed by atoms with Gasteiger partial charge in [0, 0.05) is 36.6 Å². The summed E-state index contributed by atoms with van der Waals surface area (Å²) in [5.74, 6) is -0.0802. The molecule has 2 heterocycles. The third-order valence-electron chi connectivity index (χ3n) is 4.04. The van der Waals surface area contributed by atoms with Crippen LogP contribution in [0, 0.1) is 0 Å². The first-order valence-electron chi connectivity index (χ1n) is 7.88. The van der Waals surface area contributed by atoms with Gasteiger partial charge in [0.25, 0.3) is 5.91 Å². The topological polar surface area (TPSA) is 78.1 Å². The number of aromatic amines is 1. The maximum atomic E-state index is 12.3. The molecule has 1 aromatic heterocycles. The van der Waals surface area contributed by atoms with Crippen LogP contribution in [0.2, 0.25) is 0 Å². The van der Waals surface area contributed by atoms with E-state index in [1.54, 1.807) is 18.3 Å². The minimum atomic E-state index is -0.385. The smallest absolute Gasteiger partial charge is 0.344 e. The number of carbonyl (C=O) groups excluding carboxylic acids is 1. The van der Waals surface area contributed by atoms with Gasteiger partial charge in [-0.25, -0.2) is 9.78 Å². The molecule has 1 amide bonds. The predicted octanol–water partition coefficient (Wildman–Crippen LogP) is 1.26. The lowest BCUT2D eigenvalue weighted by Crippen LogP contribution is -2.33. The van der Waals surface area contributed by atoms with Gasteiger partial charge in [0.05, 0.1) is 0 Å². The number of benzene rings is 1. The number of amides is 1. The average Bonchev–Trinajstić information content (AvgIpc) is 3.09. The molecule has 0 bridgehead atoms. The van der Waals surface area contributed by atoms with Crippen LogP contribution in [0.25, 0.3) is 11.1 Å². The SMILES string of the molecule is O=C(NCCN1CCCC1)c1cccc(-c2cnc(=O)[nH]c2)c1. The van der Waals surface area contributed by atoms with E-state index >= 15 is 0 Å². The molecule has 1 aliphatic rings. The molecule has 0 atom stereocenters. The summed E-state index contributed by atoms with van der Waals surface area (Å²) in [5.41, 5.74) is 1.84. The van der Waals surface area contributed by atoms with Gasteiger partial charge in [0.2, 0.25) is 0 Å². The standard InChI is InChI=1S/C17H20N4O2/c22-16(18-6-9-21-7-1-2-8-21)14-5-3-4-13(10-14)15-11-19-17(23)20-12-15/h3-5,10-12H,1-2,6-9H2,(H,18,22)(H,19,20,23). The third-order valence-corrected chi connectivity index (χ3v) is 4.04. The number of aromatic nitrogens is 2. The van der Waals surface area contributed by atoms with Crippen LogP contribution in [0.5, 0.6) is 0 Å². The Balaban J connectivity index is 1.63. The van der Waals surface area contributed by atoms with Crippen molar-refractivity contribution in [1.29, 1.82) is 0 Å². The number of H-pyrrole nitrogens is 1. The molecule has 2 aromatic rings. The summed E-state index contributed by atoms with van der Waals surface area (Å²) in [4.78, 5) is 31.9. The second-order valence-corrected chi connectivity index (χ2v) is 5.69. The van der Waals surface area contributed by atoms with Crippen molar-refractivity contribution in [2.45, 2.75) is 12.8 Å². The van der Waals surface area contributed by atoms with Gasteiger partial charge in [0.15, 0.2) is 0 Å². The monoisotopic (exact) mass is 312 g/mol. The van der Waals surface area contributed by atoms with E-state index in [0.29, 0.717) is 12.1 Å². The van der Waals surface area contributed by atoms with Crippen molar-refractivity contribution < 1.29 is 4.79 Å². The maximum Gasteiger partial charge on any atom is 0.344 e. The zero-order valence-electron chi connectivity index (χ0n) is 12.9. The van der Waals surface area contributed by atoms with Crippen molar-refractivity contribution in [3.63, 3.8) is 0 Å². The molecule has 0 saturated carbocycles. The first kappa shape index (κ1) is 15.4. The molecule has 0 unspecified atom stereocenters. The zero-order chi connectivity index (χ0) is 16.1. The fourth-order valence-corrected chi connectivity index (χ4v) is 2.78. The van der Waals surface area contributed by atoms with Gasteiger partial charge in [-0.2, -0.15) is 0 Å². The second kappa shape index (κ2) is 7.19. The lowest BCUT2D eigenvalue weighted by Gasteiger charge is -2.14. The molecule has 23 heavy (non-hydrogen) atoms. The van der Waals surface area contributed by atoms with E-state index in [-0.39, 0.29) is 11.6 Å². The van der Waals surface area contributed by atoms with Crippen LogP contribution in [-0.4, -0.2) is 47.0 Å². The lowest BCUT2D eigenvalue weighted by atomic mass is 10.1. The Morgan fingerprint density at radius 1 is 1.26 bits per heavy atom. The van der Waals surface area contributed by atoms with Crippen molar-refractivity contribution >= 4 is 5.91 Å². The summed E-state index contributed by atoms with van der Waals surface area (Å²) in [6.45, 7) is 3.81. The highest BCUT2D eigenvalue weighted by molar-refractivity contribution is 5.95. The molecule has 0 spiro atoms. The van der Waals surface area contributed by atoms with Gasteiger partial charge in [0.1, 0.15) is 0 Å². The van der Waals surface area contributed by atoms with Gasteiger partial charge >= 0.3 is 5.69 Å². The summed E-state index contributed by atoms with van der Waals surface area (Å²) in [5, 5.41) is 2.96. The van der Waals surface area contributed by atoms with Crippen LogP contribution >= 0.6 is 0 Å². The number of hydrogen-bond acceptors (Lipinski definition) is 4. The van der Waals surface area contributed by atoms with Crippen molar-refractivity contribution in [2.75, 3.05) is 26.2 Å². The van der Waals surface area contributed by atoms with Crippen LogP contribution < -0.4 is 11.0 Å². The number of likely N-dealkylation sites (tertiary alicyclic amines) is 1. The van der Waals surface area contributed by atoms with Crippen LogP contribution in [0.3, 0.4) is 0 Å². The largest absolute Gasteiger partial charge is 0.351 e. The van der Waals surface area contributed by atoms with Gasteiger partial charge in [-0.3, -0.25) is 4.79 Å². The zero-order valence-corrected chi connectivity index (χ0v) is 12.9. The molecule has 6 nitrogen and oxygen atoms in total. The first-order valence-corrected chi connectivity index (χ1v) is 7.88. The highest BCUT2D eigenvalue weighted by atomic mass is 16.1. The van der Waals surface area contributed by atoms with Crippen molar-refractivity contribution in [3.8, 4) is 11.1 Å². The second-order valence-electron chi connectivity index (χ2n) is 5.69. The van der Waals surface area contributed by atoms with Crippen LogP contribution in [0.15, 0.2) is 41.5 Å². The summed E-state index contributed by atoms with van der Waals surface area (Å²) < 4.78 is 0. The van der Waals surface area contributed by atoms with E-state index in [0.717, 1.165) is 30.8 Å². The maximum absolute atomic E-state index is 12.3. The molecule has 0 aliphatic carbocycles. The Bertz CT molecular complexity index is 715. The van der Waals surface area contributed by atoms with Gasteiger partial charge in [-0.15, -0.1) is 0 Å². The molecular weight excluding hydrogens is 292 g/mol. The molecule has 0 radical (unpaired) electrons. The molecule has 120 valence electrons. The van der Waals surface area contributed by atoms with Crippen LogP contribution in [0.1, 0.15) is 23.2 Å². The molecule has 1 aliphatic heterocycles. The molecule has 1 fully saturated rings. The van der Waals surface area contributed by atoms with Crippen molar-refractivity contribution in [2.24, 2.45) is 0 Å². The van der Waals surface area contributed by atoms with Crippen LogP contribution in [0.4, 0.5) is 0 Å². The van der Waals surface area contributed by atoms with Gasteiger partial charge < -0.3 is 15.2 Å². The number of nitrogens with zero attached hydrogens (tertiary/aromatic N) is 2. The van der Waals surface area contributed by atoms with Gasteiger partial charge in [-0.1, -0.05) is 12.1 Å². The third kappa shape index (κ3) is 4.04. The van der Waals surface area contributed by atoms with E-state index in [2.05, 4.69) is 20.2 Å². The summed E-state index contributed by atoms with van der Waals surface area (Å²) in [6, 6.07) is 7.31. The van der Waals surface area contributed by atoms with Crippen LogP contribution in [-0.2, 0) is 0 Å². The van der Waals surface area contributed by atoms with Crippen molar-refractivity contribution in [1.82, 2.24) is 20.2 Å². The van der Waals surface area contributed by atoms with E-state index < -0.39 is 0 Å². The molecular formula is C17H20N4O2. The fraction of sp³-hybridized carbons (Fsp3) is 0.353. The molecule has 1 aromatic carbocycles. The minimum absolute atomic E-state index is 0.0802. The Morgan fingerprint density at radius 2 is 2.09 bits per heavy atom. The Labute approximate surface area is 134 Å². The minimum Gasteiger partial charge on any atom is -0.351 e.